The molecule has 0 aliphatic carbocycles. The summed E-state index contributed by atoms with van der Waals surface area (Å²) < 4.78 is 1.34. The predicted octanol–water partition coefficient (Wildman–Crippen LogP) is 3.80. The van der Waals surface area contributed by atoms with Crippen LogP contribution in [0, 0.1) is 0 Å². The normalized spacial score (nSPS) is 22.0. The van der Waals surface area contributed by atoms with Crippen molar-refractivity contribution in [3.8, 4) is 0 Å². The average molecular weight is 281 g/mol. The fourth-order valence-electron chi connectivity index (χ4n) is 3.61. The summed E-state index contributed by atoms with van der Waals surface area (Å²) in [6, 6.07) is 6.58. The summed E-state index contributed by atoms with van der Waals surface area (Å²) in [5.41, 5.74) is 1.56. The van der Waals surface area contributed by atoms with Crippen LogP contribution in [-0.4, -0.2) is 23.0 Å². The quantitative estimate of drug-likeness (QED) is 0.790. The van der Waals surface area contributed by atoms with Crippen molar-refractivity contribution in [3.05, 3.63) is 29.3 Å². The van der Waals surface area contributed by atoms with Gasteiger partial charge in [0.15, 0.2) is 0 Å². The molecular weight excluding hydrogens is 264 g/mol. The first-order valence-corrected chi connectivity index (χ1v) is 7.30. The lowest BCUT2D eigenvalue weighted by Gasteiger charge is -2.30. The Morgan fingerprint density at radius 1 is 1.22 bits per heavy atom. The van der Waals surface area contributed by atoms with Crippen LogP contribution >= 0.6 is 23.7 Å². The number of rotatable bonds is 1. The van der Waals surface area contributed by atoms with E-state index in [1.54, 1.807) is 4.88 Å². The van der Waals surface area contributed by atoms with Crippen LogP contribution in [0.5, 0.6) is 0 Å². The van der Waals surface area contributed by atoms with Gasteiger partial charge in [0.1, 0.15) is 0 Å². The monoisotopic (exact) mass is 280 g/mol. The average Bonchev–Trinajstić information content (AvgIpc) is 3.01. The lowest BCUT2D eigenvalue weighted by molar-refractivity contribution is 0.202. The SMILES string of the molecule is Cl.c1cnc2cc(C34CCCN3CCC4)sc2c1. The van der Waals surface area contributed by atoms with Crippen LogP contribution in [0.3, 0.4) is 0 Å². The van der Waals surface area contributed by atoms with Gasteiger partial charge in [-0.05, 0) is 57.0 Å². The second-order valence-corrected chi connectivity index (χ2v) is 6.31. The van der Waals surface area contributed by atoms with Crippen LogP contribution in [0.2, 0.25) is 0 Å². The highest BCUT2D eigenvalue weighted by atomic mass is 35.5. The standard InChI is InChI=1S/C14H16N2S.ClH/c1-4-12-11(15-7-1)10-13(17-12)14-5-2-8-16(14)9-3-6-14;/h1,4,7,10H,2-3,5-6,8-9H2;1H. The number of thiophene rings is 1. The second-order valence-electron chi connectivity index (χ2n) is 5.22. The molecule has 2 aliphatic rings. The van der Waals surface area contributed by atoms with E-state index in [2.05, 4.69) is 22.0 Å². The summed E-state index contributed by atoms with van der Waals surface area (Å²) in [6.45, 7) is 2.59. The maximum absolute atomic E-state index is 4.48. The third kappa shape index (κ3) is 1.61. The van der Waals surface area contributed by atoms with Crippen molar-refractivity contribution in [2.45, 2.75) is 31.2 Å². The van der Waals surface area contributed by atoms with Gasteiger partial charge in [0.25, 0.3) is 0 Å². The smallest absolute Gasteiger partial charge is 0.0813 e. The van der Waals surface area contributed by atoms with Gasteiger partial charge in [0, 0.05) is 11.1 Å². The van der Waals surface area contributed by atoms with E-state index in [9.17, 15) is 0 Å². The van der Waals surface area contributed by atoms with Crippen molar-refractivity contribution in [1.29, 1.82) is 0 Å². The number of halogens is 1. The van der Waals surface area contributed by atoms with Gasteiger partial charge < -0.3 is 0 Å². The minimum absolute atomic E-state index is 0. The van der Waals surface area contributed by atoms with Gasteiger partial charge in [0.2, 0.25) is 0 Å². The van der Waals surface area contributed by atoms with Crippen molar-refractivity contribution in [2.75, 3.05) is 13.1 Å². The van der Waals surface area contributed by atoms with Crippen molar-refractivity contribution in [1.82, 2.24) is 9.88 Å². The number of hydrogen-bond donors (Lipinski definition) is 0. The minimum atomic E-state index is 0. The molecule has 2 nitrogen and oxygen atoms in total. The van der Waals surface area contributed by atoms with Crippen LogP contribution in [-0.2, 0) is 5.54 Å². The maximum Gasteiger partial charge on any atom is 0.0813 e. The van der Waals surface area contributed by atoms with Gasteiger partial charge in [-0.3, -0.25) is 9.88 Å². The Bertz CT molecular complexity index is 523. The van der Waals surface area contributed by atoms with Gasteiger partial charge in [-0.1, -0.05) is 0 Å². The largest absolute Gasteiger partial charge is 0.293 e. The third-order valence-electron chi connectivity index (χ3n) is 4.39. The van der Waals surface area contributed by atoms with E-state index in [4.69, 9.17) is 0 Å². The highest BCUT2D eigenvalue weighted by Gasteiger charge is 2.46. The van der Waals surface area contributed by atoms with Crippen molar-refractivity contribution in [2.24, 2.45) is 0 Å². The zero-order valence-corrected chi connectivity index (χ0v) is 11.9. The number of hydrogen-bond acceptors (Lipinski definition) is 3. The molecule has 4 heteroatoms. The molecule has 2 fully saturated rings. The molecule has 96 valence electrons. The van der Waals surface area contributed by atoms with E-state index >= 15 is 0 Å². The molecule has 2 aromatic heterocycles. The maximum atomic E-state index is 4.48. The van der Waals surface area contributed by atoms with Crippen molar-refractivity contribution < 1.29 is 0 Å². The molecule has 0 aromatic carbocycles. The zero-order chi connectivity index (χ0) is 11.3. The topological polar surface area (TPSA) is 16.1 Å². The van der Waals surface area contributed by atoms with E-state index in [1.807, 2.05) is 23.6 Å². The van der Waals surface area contributed by atoms with E-state index in [0.717, 1.165) is 0 Å². The summed E-state index contributed by atoms with van der Waals surface area (Å²) in [6.07, 6.45) is 7.32. The number of fused-ring (bicyclic) bond motifs is 2. The predicted molar refractivity (Wildman–Crippen MR) is 78.6 cm³/mol. The lowest BCUT2D eigenvalue weighted by Crippen LogP contribution is -2.34. The molecule has 0 amide bonds. The fourth-order valence-corrected chi connectivity index (χ4v) is 4.90. The first kappa shape index (κ1) is 12.4. The van der Waals surface area contributed by atoms with Crippen LogP contribution in [0.1, 0.15) is 30.6 Å². The summed E-state index contributed by atoms with van der Waals surface area (Å²) in [5, 5.41) is 0. The first-order valence-electron chi connectivity index (χ1n) is 6.49. The molecule has 0 spiro atoms. The molecular formula is C14H17ClN2S. The van der Waals surface area contributed by atoms with Gasteiger partial charge in [-0.25, -0.2) is 0 Å². The molecule has 0 N–H and O–H groups in total. The molecule has 2 saturated heterocycles. The zero-order valence-electron chi connectivity index (χ0n) is 10.3. The lowest BCUT2D eigenvalue weighted by atomic mass is 9.92. The molecule has 18 heavy (non-hydrogen) atoms. The van der Waals surface area contributed by atoms with Gasteiger partial charge in [-0.15, -0.1) is 23.7 Å². The number of pyridine rings is 1. The Morgan fingerprint density at radius 3 is 2.72 bits per heavy atom. The Kier molecular flexibility index (Phi) is 3.08. The molecule has 0 atom stereocenters. The summed E-state index contributed by atoms with van der Waals surface area (Å²) in [5.74, 6) is 0. The van der Waals surface area contributed by atoms with E-state index in [1.165, 1.54) is 49.0 Å². The van der Waals surface area contributed by atoms with Gasteiger partial charge in [-0.2, -0.15) is 0 Å². The molecule has 0 saturated carbocycles. The van der Waals surface area contributed by atoms with E-state index in [-0.39, 0.29) is 12.4 Å². The number of nitrogens with zero attached hydrogens (tertiary/aromatic N) is 2. The minimum Gasteiger partial charge on any atom is -0.293 e. The Hall–Kier alpha value is -0.640. The third-order valence-corrected chi connectivity index (χ3v) is 5.67. The molecule has 2 aliphatic heterocycles. The second kappa shape index (κ2) is 4.48. The van der Waals surface area contributed by atoms with Crippen molar-refractivity contribution >= 4 is 34.0 Å². The van der Waals surface area contributed by atoms with Crippen LogP contribution in [0.25, 0.3) is 10.2 Å². The molecule has 2 aromatic rings. The summed E-state index contributed by atoms with van der Waals surface area (Å²) >= 11 is 1.96. The molecule has 4 rings (SSSR count). The molecule has 0 bridgehead atoms. The molecule has 0 unspecified atom stereocenters. The van der Waals surface area contributed by atoms with Gasteiger partial charge >= 0.3 is 0 Å². The molecule has 0 radical (unpaired) electrons. The molecule has 4 heterocycles. The first-order chi connectivity index (χ1) is 8.38. The Labute approximate surface area is 117 Å². The van der Waals surface area contributed by atoms with Crippen LogP contribution in [0.4, 0.5) is 0 Å². The van der Waals surface area contributed by atoms with Crippen LogP contribution in [0.15, 0.2) is 24.4 Å². The summed E-state index contributed by atoms with van der Waals surface area (Å²) in [7, 11) is 0. The number of aromatic nitrogens is 1. The van der Waals surface area contributed by atoms with Crippen LogP contribution < -0.4 is 0 Å². The van der Waals surface area contributed by atoms with E-state index < -0.39 is 0 Å². The van der Waals surface area contributed by atoms with E-state index in [0.29, 0.717) is 5.54 Å². The van der Waals surface area contributed by atoms with Crippen molar-refractivity contribution in [3.63, 3.8) is 0 Å². The Morgan fingerprint density at radius 2 is 2.00 bits per heavy atom. The van der Waals surface area contributed by atoms with Gasteiger partial charge in [0.05, 0.1) is 15.8 Å². The summed E-state index contributed by atoms with van der Waals surface area (Å²) in [4.78, 5) is 8.74. The highest BCUT2D eigenvalue weighted by Crippen LogP contribution is 2.49. The Balaban J connectivity index is 0.000001000. The fraction of sp³-hybridized carbons (Fsp3) is 0.500. The highest BCUT2D eigenvalue weighted by molar-refractivity contribution is 7.19.